The van der Waals surface area contributed by atoms with Crippen LogP contribution in [0.4, 0.5) is 4.79 Å². The first kappa shape index (κ1) is 29.0. The molecule has 2 aromatic rings. The minimum atomic E-state index is -1.14. The van der Waals surface area contributed by atoms with Crippen molar-refractivity contribution >= 4 is 6.03 Å². The van der Waals surface area contributed by atoms with Crippen LogP contribution in [0.2, 0.25) is 0 Å². The molecule has 0 radical (unpaired) electrons. The average molecular weight is 512 g/mol. The van der Waals surface area contributed by atoms with Crippen LogP contribution in [0.3, 0.4) is 0 Å². The molecule has 0 saturated carbocycles. The molecule has 7 nitrogen and oxygen atoms in total. The van der Waals surface area contributed by atoms with Gasteiger partial charge in [-0.15, -0.1) is 0 Å². The standard InChI is InChI=1S/C30H45N3O4/c1-5-24-13-6-8-16-27(24)37-28-17-9-7-15-26(28)30(35,18-10-11-20-36-4)25-14-12-19-33(22-25)29(34)32-23(2)21-31-3/h6-9,13,15-17,23,25,31,35H,5,10-12,14,18-22H2,1-4H3,(H,32,34)/t23?,25-,30+/m1/s1. The highest BCUT2D eigenvalue weighted by Crippen LogP contribution is 2.44. The summed E-state index contributed by atoms with van der Waals surface area (Å²) in [7, 11) is 3.58. The van der Waals surface area contributed by atoms with E-state index in [1.807, 2.05) is 61.3 Å². The maximum Gasteiger partial charge on any atom is 0.317 e. The second-order valence-electron chi connectivity index (χ2n) is 10.1. The van der Waals surface area contributed by atoms with E-state index in [1.54, 1.807) is 7.11 Å². The third-order valence-electron chi connectivity index (χ3n) is 7.35. The maximum atomic E-state index is 13.0. The molecule has 0 aliphatic carbocycles. The molecule has 2 amide bonds. The van der Waals surface area contributed by atoms with E-state index in [4.69, 9.17) is 9.47 Å². The van der Waals surface area contributed by atoms with Gasteiger partial charge in [0.1, 0.15) is 11.5 Å². The molecule has 1 fully saturated rings. The van der Waals surface area contributed by atoms with Gasteiger partial charge < -0.3 is 30.1 Å². The number of carbonyl (C=O) groups excluding carboxylic acids is 1. The Morgan fingerprint density at radius 2 is 1.89 bits per heavy atom. The number of benzene rings is 2. The quantitative estimate of drug-likeness (QED) is 0.327. The minimum absolute atomic E-state index is 0.0264. The summed E-state index contributed by atoms with van der Waals surface area (Å²) in [6, 6.07) is 15.8. The number of piperidine rings is 1. The topological polar surface area (TPSA) is 83.1 Å². The number of unbranched alkanes of at least 4 members (excludes halogenated alkanes) is 1. The summed E-state index contributed by atoms with van der Waals surface area (Å²) < 4.78 is 11.7. The first-order valence-electron chi connectivity index (χ1n) is 13.7. The first-order chi connectivity index (χ1) is 17.9. The number of methoxy groups -OCH3 is 1. The highest BCUT2D eigenvalue weighted by Gasteiger charge is 2.43. The Bertz CT molecular complexity index is 985. The maximum absolute atomic E-state index is 13.0. The molecule has 3 N–H and O–H groups in total. The predicted molar refractivity (Wildman–Crippen MR) is 148 cm³/mol. The van der Waals surface area contributed by atoms with E-state index >= 15 is 0 Å². The van der Waals surface area contributed by atoms with Crippen LogP contribution in [-0.4, -0.2) is 62.5 Å². The van der Waals surface area contributed by atoms with Crippen LogP contribution >= 0.6 is 0 Å². The number of amides is 2. The van der Waals surface area contributed by atoms with Crippen molar-refractivity contribution in [2.75, 3.05) is 40.4 Å². The third kappa shape index (κ3) is 7.69. The Kier molecular flexibility index (Phi) is 11.2. The second kappa shape index (κ2) is 14.4. The number of hydrogen-bond acceptors (Lipinski definition) is 5. The molecule has 1 aliphatic heterocycles. The number of likely N-dealkylation sites (tertiary alicyclic amines) is 1. The SMILES string of the molecule is CCc1ccccc1Oc1ccccc1[C@](O)(CCCCOC)[C@@H]1CCCN(C(=O)NC(C)CNC)C1. The summed E-state index contributed by atoms with van der Waals surface area (Å²) in [4.78, 5) is 14.9. The lowest BCUT2D eigenvalue weighted by molar-refractivity contribution is -0.0574. The molecule has 3 rings (SSSR count). The van der Waals surface area contributed by atoms with Crippen molar-refractivity contribution in [3.63, 3.8) is 0 Å². The van der Waals surface area contributed by atoms with Crippen molar-refractivity contribution < 1.29 is 19.4 Å². The van der Waals surface area contributed by atoms with E-state index in [9.17, 15) is 9.90 Å². The Hall–Kier alpha value is -2.61. The average Bonchev–Trinajstić information content (AvgIpc) is 2.92. The molecule has 1 unspecified atom stereocenters. The molecule has 7 heteroatoms. The molecule has 1 saturated heterocycles. The molecule has 0 aromatic heterocycles. The van der Waals surface area contributed by atoms with Gasteiger partial charge >= 0.3 is 6.03 Å². The van der Waals surface area contributed by atoms with E-state index in [-0.39, 0.29) is 18.0 Å². The van der Waals surface area contributed by atoms with Crippen LogP contribution in [0.25, 0.3) is 0 Å². The summed E-state index contributed by atoms with van der Waals surface area (Å²) in [5.41, 5.74) is 0.771. The van der Waals surface area contributed by atoms with E-state index in [2.05, 4.69) is 23.6 Å². The smallest absolute Gasteiger partial charge is 0.317 e. The molecular formula is C30H45N3O4. The number of nitrogens with zero attached hydrogens (tertiary/aromatic N) is 1. The second-order valence-corrected chi connectivity index (χ2v) is 10.1. The Labute approximate surface area is 222 Å². The minimum Gasteiger partial charge on any atom is -0.457 e. The number of para-hydroxylation sites is 2. The lowest BCUT2D eigenvalue weighted by Gasteiger charge is -2.43. The molecule has 0 spiro atoms. The van der Waals surface area contributed by atoms with Gasteiger partial charge in [0.25, 0.3) is 0 Å². The molecule has 3 atom stereocenters. The van der Waals surface area contributed by atoms with Crippen LogP contribution < -0.4 is 15.4 Å². The molecule has 37 heavy (non-hydrogen) atoms. The number of urea groups is 1. The van der Waals surface area contributed by atoms with Crippen molar-refractivity contribution in [1.82, 2.24) is 15.5 Å². The van der Waals surface area contributed by atoms with Crippen molar-refractivity contribution in [3.8, 4) is 11.5 Å². The van der Waals surface area contributed by atoms with Crippen LogP contribution in [-0.2, 0) is 16.8 Å². The number of carbonyl (C=O) groups is 1. The van der Waals surface area contributed by atoms with Gasteiger partial charge in [0, 0.05) is 50.9 Å². The predicted octanol–water partition coefficient (Wildman–Crippen LogP) is 5.08. The van der Waals surface area contributed by atoms with Crippen LogP contribution in [0.5, 0.6) is 11.5 Å². The zero-order valence-electron chi connectivity index (χ0n) is 23.0. The highest BCUT2D eigenvalue weighted by molar-refractivity contribution is 5.74. The Morgan fingerprint density at radius 1 is 1.16 bits per heavy atom. The van der Waals surface area contributed by atoms with Gasteiger partial charge in [0.05, 0.1) is 5.60 Å². The summed E-state index contributed by atoms with van der Waals surface area (Å²) in [6.07, 6.45) is 4.79. The van der Waals surface area contributed by atoms with Gasteiger partial charge in [-0.3, -0.25) is 0 Å². The largest absolute Gasteiger partial charge is 0.457 e. The van der Waals surface area contributed by atoms with E-state index in [0.29, 0.717) is 38.4 Å². The molecular weight excluding hydrogens is 466 g/mol. The number of rotatable bonds is 13. The summed E-state index contributed by atoms with van der Waals surface area (Å²) in [6.45, 7) is 6.65. The van der Waals surface area contributed by atoms with Gasteiger partial charge in [0.2, 0.25) is 0 Å². The first-order valence-corrected chi connectivity index (χ1v) is 13.7. The van der Waals surface area contributed by atoms with Gasteiger partial charge in [0.15, 0.2) is 0 Å². The van der Waals surface area contributed by atoms with Gasteiger partial charge in [-0.1, -0.05) is 43.3 Å². The summed E-state index contributed by atoms with van der Waals surface area (Å²) in [5, 5.41) is 18.6. The third-order valence-corrected chi connectivity index (χ3v) is 7.35. The number of ether oxygens (including phenoxy) is 2. The summed E-state index contributed by atoms with van der Waals surface area (Å²) >= 11 is 0. The number of aryl methyl sites for hydroxylation is 1. The van der Waals surface area contributed by atoms with Crippen LogP contribution in [0.1, 0.15) is 57.1 Å². The van der Waals surface area contributed by atoms with Gasteiger partial charge in [-0.25, -0.2) is 4.79 Å². The number of likely N-dealkylation sites (N-methyl/N-ethyl adjacent to an activating group) is 1. The van der Waals surface area contributed by atoms with Crippen LogP contribution in [0, 0.1) is 5.92 Å². The normalized spacial score (nSPS) is 18.2. The van der Waals surface area contributed by atoms with Crippen LogP contribution in [0.15, 0.2) is 48.5 Å². The lowest BCUT2D eigenvalue weighted by Crippen LogP contribution is -2.53. The van der Waals surface area contributed by atoms with Crippen molar-refractivity contribution in [2.24, 2.45) is 5.92 Å². The van der Waals surface area contributed by atoms with Gasteiger partial charge in [-0.05, 0) is 70.2 Å². The van der Waals surface area contributed by atoms with Crippen molar-refractivity contribution in [1.29, 1.82) is 0 Å². The van der Waals surface area contributed by atoms with Gasteiger partial charge in [-0.2, -0.15) is 0 Å². The van der Waals surface area contributed by atoms with E-state index < -0.39 is 5.60 Å². The fraction of sp³-hybridized carbons (Fsp3) is 0.567. The molecule has 2 aromatic carbocycles. The Morgan fingerprint density at radius 3 is 2.62 bits per heavy atom. The van der Waals surface area contributed by atoms with Crippen molar-refractivity contribution in [3.05, 3.63) is 59.7 Å². The fourth-order valence-electron chi connectivity index (χ4n) is 5.34. The summed E-state index contributed by atoms with van der Waals surface area (Å²) in [5.74, 6) is 1.37. The lowest BCUT2D eigenvalue weighted by atomic mass is 9.73. The number of hydrogen-bond donors (Lipinski definition) is 3. The zero-order chi connectivity index (χ0) is 26.7. The highest BCUT2D eigenvalue weighted by atomic mass is 16.5. The zero-order valence-corrected chi connectivity index (χ0v) is 23.0. The Balaban J connectivity index is 1.90. The van der Waals surface area contributed by atoms with E-state index in [1.165, 1.54) is 0 Å². The molecule has 0 bridgehead atoms. The number of nitrogens with one attached hydrogen (secondary N) is 2. The molecule has 1 aliphatic rings. The van der Waals surface area contributed by atoms with Crippen molar-refractivity contribution in [2.45, 2.75) is 64.0 Å². The monoisotopic (exact) mass is 511 g/mol. The van der Waals surface area contributed by atoms with E-state index in [0.717, 1.165) is 49.0 Å². The number of aliphatic hydroxyl groups is 1. The molecule has 204 valence electrons. The fourth-order valence-corrected chi connectivity index (χ4v) is 5.34. The molecule has 1 heterocycles.